The van der Waals surface area contributed by atoms with Gasteiger partial charge in [-0.1, -0.05) is 49.1 Å². The van der Waals surface area contributed by atoms with Gasteiger partial charge in [0.1, 0.15) is 0 Å². The van der Waals surface area contributed by atoms with Gasteiger partial charge in [0.2, 0.25) is 17.7 Å². The molecule has 0 radical (unpaired) electrons. The Morgan fingerprint density at radius 2 is 1.81 bits per heavy atom. The predicted molar refractivity (Wildman–Crippen MR) is 99.5 cm³/mol. The molecule has 3 amide bonds. The van der Waals surface area contributed by atoms with Crippen LogP contribution >= 0.6 is 0 Å². The number of hydrogen-bond acceptors (Lipinski definition) is 3. The van der Waals surface area contributed by atoms with E-state index in [0.29, 0.717) is 32.4 Å². The van der Waals surface area contributed by atoms with Crippen LogP contribution in [0.5, 0.6) is 0 Å². The van der Waals surface area contributed by atoms with Crippen molar-refractivity contribution < 1.29 is 14.4 Å². The fourth-order valence-electron chi connectivity index (χ4n) is 4.23. The van der Waals surface area contributed by atoms with Gasteiger partial charge in [-0.2, -0.15) is 0 Å². The van der Waals surface area contributed by atoms with Crippen LogP contribution < -0.4 is 5.32 Å². The molecule has 0 spiro atoms. The van der Waals surface area contributed by atoms with Crippen LogP contribution in [0.3, 0.4) is 0 Å². The average Bonchev–Trinajstić information content (AvgIpc) is 2.97. The summed E-state index contributed by atoms with van der Waals surface area (Å²) in [5.74, 6) is -0.100. The van der Waals surface area contributed by atoms with Crippen LogP contribution in [0.2, 0.25) is 0 Å². The van der Waals surface area contributed by atoms with Gasteiger partial charge >= 0.3 is 0 Å². The Balaban J connectivity index is 1.61. The van der Waals surface area contributed by atoms with Crippen LogP contribution in [0.25, 0.3) is 0 Å². The summed E-state index contributed by atoms with van der Waals surface area (Å²) in [6.45, 7) is 2.95. The number of carbonyl (C=O) groups is 3. The molecule has 0 aromatic heterocycles. The molecule has 1 saturated heterocycles. The number of hydrogen-bond donors (Lipinski definition) is 1. The summed E-state index contributed by atoms with van der Waals surface area (Å²) in [4.78, 5) is 37.7. The zero-order valence-corrected chi connectivity index (χ0v) is 15.6. The third kappa shape index (κ3) is 3.81. The quantitative estimate of drug-likeness (QED) is 0.630. The van der Waals surface area contributed by atoms with E-state index in [0.717, 1.165) is 31.2 Å². The highest BCUT2D eigenvalue weighted by atomic mass is 16.2. The summed E-state index contributed by atoms with van der Waals surface area (Å²) in [6, 6.07) is 8.28. The summed E-state index contributed by atoms with van der Waals surface area (Å²) in [5.41, 5.74) is 1.84. The van der Waals surface area contributed by atoms with Crippen LogP contribution in [0.1, 0.15) is 62.5 Å². The molecule has 1 aromatic rings. The van der Waals surface area contributed by atoms with Crippen molar-refractivity contribution in [3.05, 3.63) is 35.4 Å². The molecular formula is C21H28N2O3. The maximum absolute atomic E-state index is 13.1. The zero-order chi connectivity index (χ0) is 18.6. The first kappa shape index (κ1) is 18.6. The lowest BCUT2D eigenvalue weighted by molar-refractivity contribution is -0.138. The maximum Gasteiger partial charge on any atom is 0.230 e. The molecule has 1 aliphatic heterocycles. The van der Waals surface area contributed by atoms with Crippen LogP contribution in [0.15, 0.2) is 24.3 Å². The molecule has 2 aliphatic rings. The first-order chi connectivity index (χ1) is 12.5. The number of imide groups is 1. The monoisotopic (exact) mass is 356 g/mol. The van der Waals surface area contributed by atoms with Gasteiger partial charge in [0.25, 0.3) is 0 Å². The second kappa shape index (κ2) is 8.02. The van der Waals surface area contributed by atoms with Crippen molar-refractivity contribution in [2.24, 2.45) is 0 Å². The smallest absolute Gasteiger partial charge is 0.230 e. The van der Waals surface area contributed by atoms with E-state index in [-0.39, 0.29) is 17.7 Å². The molecule has 1 aromatic carbocycles. The Morgan fingerprint density at radius 1 is 1.12 bits per heavy atom. The largest absolute Gasteiger partial charge is 0.355 e. The standard InChI is InChI=1S/C21H28N2O3/c1-16-7-5-8-17(15-16)21(11-3-2-4-12-21)20(26)22-13-6-14-23-18(24)9-10-19(23)25/h5,7-8,15H,2-4,6,9-14H2,1H3,(H,22,26). The van der Waals surface area contributed by atoms with E-state index < -0.39 is 5.41 Å². The molecule has 140 valence electrons. The first-order valence-electron chi connectivity index (χ1n) is 9.71. The summed E-state index contributed by atoms with van der Waals surface area (Å²) in [7, 11) is 0. The van der Waals surface area contributed by atoms with Crippen LogP contribution in [-0.2, 0) is 19.8 Å². The van der Waals surface area contributed by atoms with Crippen molar-refractivity contribution in [1.82, 2.24) is 10.2 Å². The molecule has 26 heavy (non-hydrogen) atoms. The van der Waals surface area contributed by atoms with Crippen LogP contribution in [0, 0.1) is 6.92 Å². The van der Waals surface area contributed by atoms with Gasteiger partial charge in [-0.3, -0.25) is 19.3 Å². The third-order valence-corrected chi connectivity index (χ3v) is 5.71. The molecule has 3 rings (SSSR count). The topological polar surface area (TPSA) is 66.5 Å². The molecule has 1 N–H and O–H groups in total. The highest BCUT2D eigenvalue weighted by Gasteiger charge is 2.40. The van der Waals surface area contributed by atoms with Gasteiger partial charge in [0, 0.05) is 25.9 Å². The Labute approximate surface area is 155 Å². The second-order valence-corrected chi connectivity index (χ2v) is 7.56. The minimum atomic E-state index is -0.441. The maximum atomic E-state index is 13.1. The van der Waals surface area contributed by atoms with Crippen LogP contribution in [0.4, 0.5) is 0 Å². The molecule has 0 atom stereocenters. The summed E-state index contributed by atoms with van der Waals surface area (Å²) >= 11 is 0. The number of carbonyl (C=O) groups excluding carboxylic acids is 3. The molecule has 0 unspecified atom stereocenters. The predicted octanol–water partition coefficient (Wildman–Crippen LogP) is 2.85. The number of nitrogens with one attached hydrogen (secondary N) is 1. The van der Waals surface area contributed by atoms with E-state index in [1.165, 1.54) is 16.9 Å². The van der Waals surface area contributed by atoms with E-state index in [1.54, 1.807) is 0 Å². The molecular weight excluding hydrogens is 328 g/mol. The molecule has 5 heteroatoms. The van der Waals surface area contributed by atoms with Gasteiger partial charge in [-0.05, 0) is 31.7 Å². The Kier molecular flexibility index (Phi) is 5.74. The van der Waals surface area contributed by atoms with Gasteiger partial charge < -0.3 is 5.32 Å². The third-order valence-electron chi connectivity index (χ3n) is 5.71. The van der Waals surface area contributed by atoms with E-state index in [9.17, 15) is 14.4 Å². The zero-order valence-electron chi connectivity index (χ0n) is 15.6. The fraction of sp³-hybridized carbons (Fsp3) is 0.571. The number of rotatable bonds is 6. The van der Waals surface area contributed by atoms with Crippen molar-refractivity contribution >= 4 is 17.7 Å². The molecule has 1 saturated carbocycles. The molecule has 1 aliphatic carbocycles. The minimum Gasteiger partial charge on any atom is -0.355 e. The lowest BCUT2D eigenvalue weighted by Crippen LogP contribution is -2.46. The molecule has 5 nitrogen and oxygen atoms in total. The number of nitrogens with zero attached hydrogens (tertiary/aromatic N) is 1. The van der Waals surface area contributed by atoms with Crippen molar-refractivity contribution in [2.75, 3.05) is 13.1 Å². The summed E-state index contributed by atoms with van der Waals surface area (Å²) in [6.07, 6.45) is 6.32. The SMILES string of the molecule is Cc1cccc(C2(C(=O)NCCCN3C(=O)CCC3=O)CCCCC2)c1. The van der Waals surface area contributed by atoms with Gasteiger partial charge in [0.05, 0.1) is 5.41 Å². The normalized spacial score (nSPS) is 19.7. The van der Waals surface area contributed by atoms with Crippen molar-refractivity contribution in [2.45, 2.75) is 63.7 Å². The average molecular weight is 356 g/mol. The van der Waals surface area contributed by atoms with Gasteiger partial charge in [0.15, 0.2) is 0 Å². The lowest BCUT2D eigenvalue weighted by atomic mass is 9.68. The number of benzene rings is 1. The van der Waals surface area contributed by atoms with E-state index in [2.05, 4.69) is 30.4 Å². The molecule has 0 bridgehead atoms. The van der Waals surface area contributed by atoms with Crippen molar-refractivity contribution in [3.63, 3.8) is 0 Å². The van der Waals surface area contributed by atoms with Gasteiger partial charge in [-0.25, -0.2) is 0 Å². The van der Waals surface area contributed by atoms with E-state index in [4.69, 9.17) is 0 Å². The summed E-state index contributed by atoms with van der Waals surface area (Å²) in [5, 5.41) is 3.08. The second-order valence-electron chi connectivity index (χ2n) is 7.56. The lowest BCUT2D eigenvalue weighted by Gasteiger charge is -2.36. The molecule has 2 fully saturated rings. The van der Waals surface area contributed by atoms with Gasteiger partial charge in [-0.15, -0.1) is 0 Å². The number of amides is 3. The highest BCUT2D eigenvalue weighted by Crippen LogP contribution is 2.40. The van der Waals surface area contributed by atoms with E-state index in [1.807, 2.05) is 6.07 Å². The van der Waals surface area contributed by atoms with Crippen molar-refractivity contribution in [1.29, 1.82) is 0 Å². The Bertz CT molecular complexity index is 676. The fourth-order valence-corrected chi connectivity index (χ4v) is 4.23. The first-order valence-corrected chi connectivity index (χ1v) is 9.71. The number of likely N-dealkylation sites (tertiary alicyclic amines) is 1. The van der Waals surface area contributed by atoms with Crippen LogP contribution in [-0.4, -0.2) is 35.7 Å². The molecule has 1 heterocycles. The Hall–Kier alpha value is -2.17. The highest BCUT2D eigenvalue weighted by molar-refractivity contribution is 6.01. The number of aryl methyl sites for hydroxylation is 1. The Morgan fingerprint density at radius 3 is 2.46 bits per heavy atom. The minimum absolute atomic E-state index is 0.0851. The summed E-state index contributed by atoms with van der Waals surface area (Å²) < 4.78 is 0. The van der Waals surface area contributed by atoms with Crippen molar-refractivity contribution in [3.8, 4) is 0 Å². The van der Waals surface area contributed by atoms with E-state index >= 15 is 0 Å².